The molecule has 0 spiro atoms. The van der Waals surface area contributed by atoms with Crippen molar-refractivity contribution < 1.29 is 19.4 Å². The first-order valence-corrected chi connectivity index (χ1v) is 4.31. The molecule has 0 unspecified atom stereocenters. The molecule has 1 aliphatic rings. The molecular weight excluding hydrogens is 174 g/mol. The molecule has 0 saturated carbocycles. The van der Waals surface area contributed by atoms with Gasteiger partial charge in [-0.2, -0.15) is 0 Å². The van der Waals surface area contributed by atoms with Crippen LogP contribution in [0.2, 0.25) is 0 Å². The summed E-state index contributed by atoms with van der Waals surface area (Å²) in [6.07, 6.45) is -0.492. The van der Waals surface area contributed by atoms with Gasteiger partial charge in [0.15, 0.2) is 6.10 Å². The third kappa shape index (κ3) is 2.42. The highest BCUT2D eigenvalue weighted by Gasteiger charge is 2.34. The number of hydrogen-bond acceptors (Lipinski definition) is 3. The lowest BCUT2D eigenvalue weighted by molar-refractivity contribution is -0.151. The minimum Gasteiger partial charge on any atom is -0.479 e. The summed E-state index contributed by atoms with van der Waals surface area (Å²) in [5, 5.41) is 11.2. The topological polar surface area (TPSA) is 75.6 Å². The average Bonchev–Trinajstić information content (AvgIpc) is 2.52. The Morgan fingerprint density at radius 2 is 2.08 bits per heavy atom. The molecule has 13 heavy (non-hydrogen) atoms. The van der Waals surface area contributed by atoms with E-state index in [1.54, 1.807) is 0 Å². The summed E-state index contributed by atoms with van der Waals surface area (Å²) in [6, 6.07) is 0. The zero-order valence-corrected chi connectivity index (χ0v) is 7.45. The Kier molecular flexibility index (Phi) is 3.25. The van der Waals surface area contributed by atoms with Gasteiger partial charge in [-0.25, -0.2) is 4.79 Å². The summed E-state index contributed by atoms with van der Waals surface area (Å²) in [6.45, 7) is 2.35. The molecule has 5 nitrogen and oxygen atoms in total. The van der Waals surface area contributed by atoms with Crippen molar-refractivity contribution in [1.29, 1.82) is 0 Å². The lowest BCUT2D eigenvalue weighted by atomic mass is 10.2. The van der Waals surface area contributed by atoms with Gasteiger partial charge in [0.1, 0.15) is 6.10 Å². The fourth-order valence-electron chi connectivity index (χ4n) is 1.30. The molecule has 0 aromatic heterocycles. The number of rotatable bonds is 3. The highest BCUT2D eigenvalue weighted by atomic mass is 16.5. The van der Waals surface area contributed by atoms with Crippen molar-refractivity contribution in [3.63, 3.8) is 0 Å². The molecule has 0 aliphatic carbocycles. The Labute approximate surface area is 76.1 Å². The second-order valence-electron chi connectivity index (χ2n) is 2.92. The van der Waals surface area contributed by atoms with E-state index < -0.39 is 18.2 Å². The van der Waals surface area contributed by atoms with Gasteiger partial charge in [0.2, 0.25) is 5.91 Å². The fraction of sp³-hybridized carbons (Fsp3) is 0.750. The second-order valence-corrected chi connectivity index (χ2v) is 2.92. The maximum atomic E-state index is 11.2. The number of ether oxygens (including phenoxy) is 1. The van der Waals surface area contributed by atoms with Gasteiger partial charge >= 0.3 is 5.97 Å². The highest BCUT2D eigenvalue weighted by Crippen LogP contribution is 2.19. The Bertz CT molecular complexity index is 216. The van der Waals surface area contributed by atoms with Crippen molar-refractivity contribution in [2.45, 2.75) is 32.0 Å². The van der Waals surface area contributed by atoms with Crippen LogP contribution >= 0.6 is 0 Å². The molecule has 1 aliphatic heterocycles. The van der Waals surface area contributed by atoms with E-state index in [1.807, 2.05) is 6.92 Å². The molecule has 5 heteroatoms. The zero-order chi connectivity index (χ0) is 9.84. The van der Waals surface area contributed by atoms with E-state index in [2.05, 4.69) is 5.32 Å². The minimum atomic E-state index is -0.994. The van der Waals surface area contributed by atoms with Crippen LogP contribution in [0.1, 0.15) is 19.8 Å². The fourth-order valence-corrected chi connectivity index (χ4v) is 1.30. The van der Waals surface area contributed by atoms with Crippen LogP contribution in [-0.2, 0) is 14.3 Å². The lowest BCUT2D eigenvalue weighted by Gasteiger charge is -2.09. The molecule has 2 atom stereocenters. The summed E-state index contributed by atoms with van der Waals surface area (Å²) in [5.74, 6) is -1.21. The van der Waals surface area contributed by atoms with Crippen LogP contribution in [0.3, 0.4) is 0 Å². The number of amides is 1. The van der Waals surface area contributed by atoms with Crippen LogP contribution in [0.25, 0.3) is 0 Å². The van der Waals surface area contributed by atoms with Crippen LogP contribution in [0, 0.1) is 0 Å². The number of carbonyl (C=O) groups is 2. The first-order valence-electron chi connectivity index (χ1n) is 4.31. The third-order valence-corrected chi connectivity index (χ3v) is 1.94. The maximum Gasteiger partial charge on any atom is 0.332 e. The van der Waals surface area contributed by atoms with Crippen molar-refractivity contribution in [3.8, 4) is 0 Å². The van der Waals surface area contributed by atoms with Crippen molar-refractivity contribution in [2.24, 2.45) is 0 Å². The van der Waals surface area contributed by atoms with Gasteiger partial charge in [-0.05, 0) is 19.8 Å². The average molecular weight is 187 g/mol. The van der Waals surface area contributed by atoms with E-state index >= 15 is 0 Å². The molecule has 0 bridgehead atoms. The number of hydrogen-bond donors (Lipinski definition) is 2. The zero-order valence-electron chi connectivity index (χ0n) is 7.45. The monoisotopic (exact) mass is 187 g/mol. The smallest absolute Gasteiger partial charge is 0.332 e. The largest absolute Gasteiger partial charge is 0.479 e. The summed E-state index contributed by atoms with van der Waals surface area (Å²) in [4.78, 5) is 21.7. The summed E-state index contributed by atoms with van der Waals surface area (Å²) in [7, 11) is 0. The minimum absolute atomic E-state index is 0.216. The molecule has 1 rings (SSSR count). The van der Waals surface area contributed by atoms with Gasteiger partial charge < -0.3 is 15.2 Å². The number of nitrogens with one attached hydrogen (secondary N) is 1. The van der Waals surface area contributed by atoms with Crippen LogP contribution in [0.5, 0.6) is 0 Å². The van der Waals surface area contributed by atoms with Crippen molar-refractivity contribution in [3.05, 3.63) is 0 Å². The number of carboxylic acid groups (broad SMARTS) is 1. The van der Waals surface area contributed by atoms with Gasteiger partial charge in [0, 0.05) is 6.54 Å². The Morgan fingerprint density at radius 1 is 1.46 bits per heavy atom. The first kappa shape index (κ1) is 9.98. The first-order chi connectivity index (χ1) is 6.15. The van der Waals surface area contributed by atoms with Crippen molar-refractivity contribution >= 4 is 11.9 Å². The Hall–Kier alpha value is -1.10. The Morgan fingerprint density at radius 3 is 2.54 bits per heavy atom. The molecule has 1 amide bonds. The van der Waals surface area contributed by atoms with Gasteiger partial charge in [-0.1, -0.05) is 0 Å². The van der Waals surface area contributed by atoms with Gasteiger partial charge in [0.05, 0.1) is 0 Å². The van der Waals surface area contributed by atoms with Crippen LogP contribution < -0.4 is 5.32 Å². The molecule has 74 valence electrons. The van der Waals surface area contributed by atoms with E-state index in [9.17, 15) is 9.59 Å². The number of carboxylic acids is 1. The summed E-state index contributed by atoms with van der Waals surface area (Å²) < 4.78 is 5.03. The van der Waals surface area contributed by atoms with E-state index in [0.717, 1.165) is 0 Å². The van der Waals surface area contributed by atoms with Gasteiger partial charge in [-0.3, -0.25) is 4.79 Å². The Balaban J connectivity index is 2.40. The van der Waals surface area contributed by atoms with E-state index in [-0.39, 0.29) is 5.91 Å². The van der Waals surface area contributed by atoms with Crippen molar-refractivity contribution in [2.75, 3.05) is 6.54 Å². The summed E-state index contributed by atoms with van der Waals surface area (Å²) >= 11 is 0. The van der Waals surface area contributed by atoms with Crippen LogP contribution in [0.4, 0.5) is 0 Å². The standard InChI is InChI=1S/C8H13NO4/c1-2-9-7(10)5-3-4-6(13-5)8(11)12/h5-6H,2-4H2,1H3,(H,9,10)(H,11,12)/t5-,6+/m0/s1. The predicted octanol–water partition coefficient (Wildman–Crippen LogP) is -0.245. The van der Waals surface area contributed by atoms with Gasteiger partial charge in [0.25, 0.3) is 0 Å². The predicted molar refractivity (Wildman–Crippen MR) is 44.2 cm³/mol. The van der Waals surface area contributed by atoms with Crippen LogP contribution in [-0.4, -0.2) is 35.7 Å². The molecule has 1 fully saturated rings. The van der Waals surface area contributed by atoms with Crippen LogP contribution in [0.15, 0.2) is 0 Å². The molecule has 0 aromatic rings. The molecule has 0 radical (unpaired) electrons. The number of aliphatic carboxylic acids is 1. The molecule has 1 heterocycles. The van der Waals surface area contributed by atoms with Crippen molar-refractivity contribution in [1.82, 2.24) is 5.32 Å². The highest BCUT2D eigenvalue weighted by molar-refractivity contribution is 5.82. The second kappa shape index (κ2) is 4.23. The third-order valence-electron chi connectivity index (χ3n) is 1.94. The van der Waals surface area contributed by atoms with Gasteiger partial charge in [-0.15, -0.1) is 0 Å². The molecular formula is C8H13NO4. The molecule has 2 N–H and O–H groups in total. The van der Waals surface area contributed by atoms with E-state index in [4.69, 9.17) is 9.84 Å². The van der Waals surface area contributed by atoms with E-state index in [0.29, 0.717) is 19.4 Å². The SMILES string of the molecule is CCNC(=O)[C@@H]1CC[C@H](C(=O)O)O1. The number of carbonyl (C=O) groups excluding carboxylic acids is 1. The lowest BCUT2D eigenvalue weighted by Crippen LogP contribution is -2.35. The maximum absolute atomic E-state index is 11.2. The quantitative estimate of drug-likeness (QED) is 0.639. The molecule has 1 saturated heterocycles. The normalized spacial score (nSPS) is 27.2. The number of likely N-dealkylation sites (N-methyl/N-ethyl adjacent to an activating group) is 1. The molecule has 0 aromatic carbocycles. The van der Waals surface area contributed by atoms with E-state index in [1.165, 1.54) is 0 Å². The summed E-state index contributed by atoms with van der Waals surface area (Å²) in [5.41, 5.74) is 0.